The van der Waals surface area contributed by atoms with Crippen LogP contribution in [0.5, 0.6) is 0 Å². The third-order valence-corrected chi connectivity index (χ3v) is 4.61. The molecule has 0 aliphatic heterocycles. The normalized spacial score (nSPS) is 12.2. The lowest BCUT2D eigenvalue weighted by Crippen LogP contribution is -2.12. The van der Waals surface area contributed by atoms with E-state index in [2.05, 4.69) is 53.3 Å². The maximum Gasteiger partial charge on any atom is 0.135 e. The lowest BCUT2D eigenvalue weighted by Gasteiger charge is -2.17. The average molecular weight is 305 g/mol. The first kappa shape index (κ1) is 15.7. The molecule has 21 heavy (non-hydrogen) atoms. The van der Waals surface area contributed by atoms with E-state index >= 15 is 0 Å². The Hall–Kier alpha value is -1.69. The molecule has 0 aromatic carbocycles. The molecule has 2 heterocycles. The minimum atomic E-state index is 0.143. The molecule has 0 bridgehead atoms. The number of aromatic nitrogens is 3. The van der Waals surface area contributed by atoms with Crippen LogP contribution in [0, 0.1) is 0 Å². The monoisotopic (exact) mass is 305 g/mol. The second kappa shape index (κ2) is 7.36. The fraction of sp³-hybridized carbons (Fsp3) is 0.533. The molecule has 114 valence electrons. The summed E-state index contributed by atoms with van der Waals surface area (Å²) < 4.78 is 0. The van der Waals surface area contributed by atoms with Gasteiger partial charge in [0.15, 0.2) is 0 Å². The largest absolute Gasteiger partial charge is 0.370 e. The summed E-state index contributed by atoms with van der Waals surface area (Å²) in [6, 6.07) is 0.143. The summed E-state index contributed by atoms with van der Waals surface area (Å²) >= 11 is 1.76. The van der Waals surface area contributed by atoms with Gasteiger partial charge in [-0.3, -0.25) is 0 Å². The lowest BCUT2D eigenvalue weighted by atomic mass is 10.2. The van der Waals surface area contributed by atoms with Gasteiger partial charge in [0.2, 0.25) is 0 Å². The number of hydrogen-bond acceptors (Lipinski definition) is 6. The Bertz CT molecular complexity index is 581. The molecule has 1 unspecified atom stereocenters. The number of anilines is 2. The minimum absolute atomic E-state index is 0.143. The van der Waals surface area contributed by atoms with Crippen LogP contribution in [0.1, 0.15) is 49.2 Å². The second-order valence-electron chi connectivity index (χ2n) is 4.82. The number of thiazole rings is 1. The van der Waals surface area contributed by atoms with E-state index in [0.717, 1.165) is 41.6 Å². The highest BCUT2D eigenvalue weighted by Crippen LogP contribution is 2.27. The molecule has 0 amide bonds. The molecule has 0 fully saturated rings. The van der Waals surface area contributed by atoms with Crippen LogP contribution in [0.4, 0.5) is 11.6 Å². The van der Waals surface area contributed by atoms with E-state index in [4.69, 9.17) is 0 Å². The molecule has 2 rings (SSSR count). The Labute approximate surface area is 130 Å². The van der Waals surface area contributed by atoms with Crippen molar-refractivity contribution in [1.29, 1.82) is 0 Å². The molecule has 0 radical (unpaired) electrons. The summed E-state index contributed by atoms with van der Waals surface area (Å²) in [4.78, 5) is 14.5. The summed E-state index contributed by atoms with van der Waals surface area (Å²) in [5, 5.41) is 7.86. The molecule has 6 heteroatoms. The van der Waals surface area contributed by atoms with E-state index in [1.807, 2.05) is 6.20 Å². The lowest BCUT2D eigenvalue weighted by molar-refractivity contribution is 0.850. The van der Waals surface area contributed by atoms with E-state index in [0.29, 0.717) is 0 Å². The molecular weight excluding hydrogens is 282 g/mol. The smallest absolute Gasteiger partial charge is 0.135 e. The van der Waals surface area contributed by atoms with Crippen molar-refractivity contribution in [3.63, 3.8) is 0 Å². The quantitative estimate of drug-likeness (QED) is 0.817. The summed E-state index contributed by atoms with van der Waals surface area (Å²) in [6.45, 7) is 9.31. The van der Waals surface area contributed by atoms with Crippen molar-refractivity contribution in [3.8, 4) is 0 Å². The maximum atomic E-state index is 4.49. The first-order valence-corrected chi connectivity index (χ1v) is 8.30. The minimum Gasteiger partial charge on any atom is -0.370 e. The number of nitrogens with zero attached hydrogens (tertiary/aromatic N) is 3. The van der Waals surface area contributed by atoms with Gasteiger partial charge in [-0.25, -0.2) is 15.0 Å². The Kier molecular flexibility index (Phi) is 5.50. The summed E-state index contributed by atoms with van der Waals surface area (Å²) in [5.74, 6) is 1.81. The topological polar surface area (TPSA) is 62.7 Å². The van der Waals surface area contributed by atoms with Gasteiger partial charge in [0.25, 0.3) is 0 Å². The van der Waals surface area contributed by atoms with Gasteiger partial charge < -0.3 is 10.6 Å². The zero-order valence-corrected chi connectivity index (χ0v) is 13.9. The predicted molar refractivity (Wildman–Crippen MR) is 89.1 cm³/mol. The molecule has 0 spiro atoms. The predicted octanol–water partition coefficient (Wildman–Crippen LogP) is 3.66. The first-order valence-electron chi connectivity index (χ1n) is 7.48. The van der Waals surface area contributed by atoms with E-state index in [-0.39, 0.29) is 6.04 Å². The van der Waals surface area contributed by atoms with Crippen LogP contribution in [0.15, 0.2) is 12.5 Å². The second-order valence-corrected chi connectivity index (χ2v) is 5.96. The van der Waals surface area contributed by atoms with Crippen LogP contribution in [-0.4, -0.2) is 21.5 Å². The van der Waals surface area contributed by atoms with E-state index in [1.54, 1.807) is 17.7 Å². The first-order chi connectivity index (χ1) is 10.2. The van der Waals surface area contributed by atoms with Crippen molar-refractivity contribution in [1.82, 2.24) is 15.0 Å². The fourth-order valence-electron chi connectivity index (χ4n) is 2.14. The number of aryl methyl sites for hydroxylation is 1. The van der Waals surface area contributed by atoms with Gasteiger partial charge in [0.05, 0.1) is 6.04 Å². The van der Waals surface area contributed by atoms with Crippen molar-refractivity contribution in [2.24, 2.45) is 0 Å². The van der Waals surface area contributed by atoms with Gasteiger partial charge in [-0.1, -0.05) is 13.8 Å². The molecule has 1 atom stereocenters. The molecule has 2 aromatic heterocycles. The summed E-state index contributed by atoms with van der Waals surface area (Å²) in [7, 11) is 0. The zero-order valence-electron chi connectivity index (χ0n) is 13.1. The van der Waals surface area contributed by atoms with Gasteiger partial charge in [-0.15, -0.1) is 11.3 Å². The van der Waals surface area contributed by atoms with Crippen LogP contribution in [0.25, 0.3) is 0 Å². The summed E-state index contributed by atoms with van der Waals surface area (Å²) in [6.07, 6.45) is 5.48. The number of rotatable bonds is 7. The molecule has 2 N–H and O–H groups in total. The molecule has 0 saturated heterocycles. The average Bonchev–Trinajstić information content (AvgIpc) is 2.97. The molecule has 0 aliphatic carbocycles. The molecule has 5 nitrogen and oxygen atoms in total. The Morgan fingerprint density at radius 2 is 1.86 bits per heavy atom. The van der Waals surface area contributed by atoms with Crippen LogP contribution in [-0.2, 0) is 12.8 Å². The highest BCUT2D eigenvalue weighted by Gasteiger charge is 2.15. The van der Waals surface area contributed by atoms with E-state index < -0.39 is 0 Å². The van der Waals surface area contributed by atoms with Gasteiger partial charge in [-0.2, -0.15) is 0 Å². The zero-order chi connectivity index (χ0) is 15.2. The van der Waals surface area contributed by atoms with Crippen LogP contribution < -0.4 is 10.6 Å². The van der Waals surface area contributed by atoms with Gasteiger partial charge in [0.1, 0.15) is 23.0 Å². The fourth-order valence-corrected chi connectivity index (χ4v) is 3.00. The Balaban J connectivity index is 2.20. The van der Waals surface area contributed by atoms with Crippen molar-refractivity contribution < 1.29 is 0 Å². The van der Waals surface area contributed by atoms with Crippen LogP contribution >= 0.6 is 11.3 Å². The molecular formula is C15H23N5S. The van der Waals surface area contributed by atoms with E-state index in [1.165, 1.54) is 4.88 Å². The van der Waals surface area contributed by atoms with Crippen molar-refractivity contribution in [3.05, 3.63) is 28.0 Å². The van der Waals surface area contributed by atoms with Crippen molar-refractivity contribution >= 4 is 23.0 Å². The van der Waals surface area contributed by atoms with Crippen LogP contribution in [0.3, 0.4) is 0 Å². The standard InChI is InChI=1S/C15H23N5S/c1-5-11-8-17-15(21-11)10(4)20-14-12(6-2)13(16-7-3)18-9-19-14/h8-10H,5-7H2,1-4H3,(H2,16,18,19,20). The Morgan fingerprint density at radius 3 is 2.48 bits per heavy atom. The van der Waals surface area contributed by atoms with Gasteiger partial charge >= 0.3 is 0 Å². The van der Waals surface area contributed by atoms with E-state index in [9.17, 15) is 0 Å². The molecule has 2 aromatic rings. The van der Waals surface area contributed by atoms with Crippen molar-refractivity contribution in [2.45, 2.75) is 46.6 Å². The number of nitrogens with one attached hydrogen (secondary N) is 2. The third kappa shape index (κ3) is 3.69. The van der Waals surface area contributed by atoms with Crippen LogP contribution in [0.2, 0.25) is 0 Å². The number of hydrogen-bond donors (Lipinski definition) is 2. The van der Waals surface area contributed by atoms with Gasteiger partial charge in [0, 0.05) is 23.2 Å². The summed E-state index contributed by atoms with van der Waals surface area (Å²) in [5.41, 5.74) is 1.12. The highest BCUT2D eigenvalue weighted by atomic mass is 32.1. The maximum absolute atomic E-state index is 4.49. The highest BCUT2D eigenvalue weighted by molar-refractivity contribution is 7.11. The molecule has 0 aliphatic rings. The molecule has 0 saturated carbocycles. The third-order valence-electron chi connectivity index (χ3n) is 3.29. The SMILES string of the molecule is CCNc1ncnc(NC(C)c2ncc(CC)s2)c1CC. The van der Waals surface area contributed by atoms with Gasteiger partial charge in [-0.05, 0) is 26.7 Å². The van der Waals surface area contributed by atoms with Crippen molar-refractivity contribution in [2.75, 3.05) is 17.2 Å². The Morgan fingerprint density at radius 1 is 1.10 bits per heavy atom.